The van der Waals surface area contributed by atoms with Crippen LogP contribution < -0.4 is 10.6 Å². The second kappa shape index (κ2) is 16.9. The fraction of sp³-hybridized carbons (Fsp3) is 0.235. The molecule has 41 heavy (non-hydrogen) atoms. The average Bonchev–Trinajstić information content (AvgIpc) is 3.02. The molecular weight excluding hydrogens is 532 g/mol. The van der Waals surface area contributed by atoms with Gasteiger partial charge in [-0.1, -0.05) is 135 Å². The van der Waals surface area contributed by atoms with Crippen LogP contribution >= 0.6 is 11.8 Å². The molecule has 3 N–H and O–H groups in total. The Morgan fingerprint density at radius 3 is 1.51 bits per heavy atom. The van der Waals surface area contributed by atoms with Crippen molar-refractivity contribution < 1.29 is 19.4 Å². The number of carboxylic acid groups (broad SMARTS) is 1. The Bertz CT molecular complexity index is 1210. The number of ether oxygens (including phenoxy) is 1. The van der Waals surface area contributed by atoms with E-state index in [4.69, 9.17) is 4.74 Å². The van der Waals surface area contributed by atoms with Gasteiger partial charge in [0.1, 0.15) is 12.6 Å². The van der Waals surface area contributed by atoms with Crippen LogP contribution in [-0.4, -0.2) is 42.1 Å². The highest BCUT2D eigenvalue weighted by Crippen LogP contribution is 2.48. The number of carbonyl (C=O) groups excluding carboxylic acids is 1. The van der Waals surface area contributed by atoms with Gasteiger partial charge in [-0.3, -0.25) is 0 Å². The molecule has 214 valence electrons. The zero-order valence-corrected chi connectivity index (χ0v) is 24.3. The summed E-state index contributed by atoms with van der Waals surface area (Å²) in [5, 5.41) is 15.6. The fourth-order valence-corrected chi connectivity index (χ4v) is 5.86. The molecule has 0 radical (unpaired) electrons. The van der Waals surface area contributed by atoms with E-state index >= 15 is 0 Å². The molecule has 0 aliphatic rings. The van der Waals surface area contributed by atoms with Gasteiger partial charge in [-0.15, -0.1) is 11.8 Å². The number of aliphatic carboxylic acids is 1. The second-order valence-electron chi connectivity index (χ2n) is 9.14. The minimum atomic E-state index is -1.14. The lowest BCUT2D eigenvalue weighted by Gasteiger charge is -2.36. The third-order valence-corrected chi connectivity index (χ3v) is 7.95. The van der Waals surface area contributed by atoms with E-state index in [-0.39, 0.29) is 12.4 Å². The van der Waals surface area contributed by atoms with Crippen molar-refractivity contribution in [3.8, 4) is 0 Å². The molecule has 1 amide bonds. The maximum atomic E-state index is 12.5. The van der Waals surface area contributed by atoms with Crippen molar-refractivity contribution in [2.45, 2.75) is 31.2 Å². The number of amides is 1. The summed E-state index contributed by atoms with van der Waals surface area (Å²) in [6, 6.07) is 38.1. The molecule has 0 saturated heterocycles. The highest BCUT2D eigenvalue weighted by atomic mass is 32.2. The van der Waals surface area contributed by atoms with Crippen molar-refractivity contribution in [1.29, 1.82) is 0 Å². The Morgan fingerprint density at radius 2 is 1.15 bits per heavy atom. The summed E-state index contributed by atoms with van der Waals surface area (Å²) in [5.41, 5.74) is 3.87. The predicted molar refractivity (Wildman–Crippen MR) is 167 cm³/mol. The molecule has 4 rings (SSSR count). The molecule has 1 atom stereocenters. The molecule has 4 aromatic carbocycles. The highest BCUT2D eigenvalue weighted by molar-refractivity contribution is 8.00. The lowest BCUT2D eigenvalue weighted by Crippen LogP contribution is -2.44. The molecule has 4 aromatic rings. The first-order chi connectivity index (χ1) is 20.0. The van der Waals surface area contributed by atoms with E-state index in [0.717, 1.165) is 35.3 Å². The zero-order valence-electron chi connectivity index (χ0n) is 23.5. The molecule has 0 fully saturated rings. The fourth-order valence-electron chi connectivity index (χ4n) is 4.31. The molecule has 7 heteroatoms. The van der Waals surface area contributed by atoms with Gasteiger partial charge < -0.3 is 20.5 Å². The summed E-state index contributed by atoms with van der Waals surface area (Å²) in [5.74, 6) is -1.00. The first-order valence-corrected chi connectivity index (χ1v) is 14.7. The van der Waals surface area contributed by atoms with Gasteiger partial charge in [-0.2, -0.15) is 0 Å². The highest BCUT2D eigenvalue weighted by Gasteiger charge is 2.38. The molecule has 0 saturated carbocycles. The number of hydrogen-bond acceptors (Lipinski definition) is 5. The van der Waals surface area contributed by atoms with Crippen LogP contribution in [0.1, 0.15) is 36.1 Å². The minimum Gasteiger partial charge on any atom is -0.480 e. The number of alkyl carbamates (subject to hydrolysis) is 1. The normalized spacial score (nSPS) is 11.5. The van der Waals surface area contributed by atoms with Gasteiger partial charge in [-0.05, 0) is 35.3 Å². The largest absolute Gasteiger partial charge is 0.480 e. The van der Waals surface area contributed by atoms with E-state index in [1.54, 1.807) is 0 Å². The average molecular weight is 571 g/mol. The predicted octanol–water partition coefficient (Wildman–Crippen LogP) is 6.71. The van der Waals surface area contributed by atoms with Gasteiger partial charge in [-0.25, -0.2) is 9.59 Å². The van der Waals surface area contributed by atoms with Gasteiger partial charge in [0.05, 0.1) is 4.75 Å². The smallest absolute Gasteiger partial charge is 0.408 e. The molecule has 0 aliphatic carbocycles. The molecule has 0 unspecified atom stereocenters. The van der Waals surface area contributed by atoms with Crippen LogP contribution in [0.25, 0.3) is 0 Å². The van der Waals surface area contributed by atoms with Crippen LogP contribution in [0.15, 0.2) is 121 Å². The summed E-state index contributed by atoms with van der Waals surface area (Å²) < 4.78 is 4.58. The van der Waals surface area contributed by atoms with Crippen LogP contribution in [0.4, 0.5) is 4.79 Å². The summed E-state index contributed by atoms with van der Waals surface area (Å²) in [4.78, 5) is 24.6. The number of rotatable bonds is 12. The van der Waals surface area contributed by atoms with Crippen LogP contribution in [-0.2, 0) is 20.9 Å². The van der Waals surface area contributed by atoms with E-state index < -0.39 is 22.9 Å². The standard InChI is InChI=1S/C30H27NO4S.C4H11N/c32-28(33)27(31-29(34)35-21-23-13-5-1-6-14-23)22-36-30(24-15-7-2-8-16-24,25-17-9-3-10-18-25)26-19-11-4-12-20-26;1-3-5-4-2/h1-20,27H,21-22H2,(H,31,34)(H,32,33);5H,3-4H2,1-2H3/t27-;/m0./s1. The Balaban J connectivity index is 0.000000850. The van der Waals surface area contributed by atoms with Crippen molar-refractivity contribution >= 4 is 23.8 Å². The summed E-state index contributed by atoms with van der Waals surface area (Å²) in [7, 11) is 0. The summed E-state index contributed by atoms with van der Waals surface area (Å²) in [6.07, 6.45) is -0.767. The summed E-state index contributed by atoms with van der Waals surface area (Å²) >= 11 is 1.47. The Hall–Kier alpha value is -4.07. The van der Waals surface area contributed by atoms with Crippen molar-refractivity contribution in [1.82, 2.24) is 10.6 Å². The van der Waals surface area contributed by atoms with Gasteiger partial charge in [0.25, 0.3) is 0 Å². The Morgan fingerprint density at radius 1 is 0.732 bits per heavy atom. The Kier molecular flexibility index (Phi) is 13.0. The van der Waals surface area contributed by atoms with E-state index in [9.17, 15) is 14.7 Å². The molecule has 0 heterocycles. The monoisotopic (exact) mass is 570 g/mol. The molecule has 0 aliphatic heterocycles. The van der Waals surface area contributed by atoms with Crippen molar-refractivity contribution in [3.63, 3.8) is 0 Å². The first-order valence-electron chi connectivity index (χ1n) is 13.7. The molecule has 0 aromatic heterocycles. The summed E-state index contributed by atoms with van der Waals surface area (Å²) in [6.45, 7) is 6.45. The van der Waals surface area contributed by atoms with E-state index in [0.29, 0.717) is 0 Å². The molecular formula is C34H38N2O4S. The van der Waals surface area contributed by atoms with Crippen molar-refractivity contribution in [2.24, 2.45) is 0 Å². The maximum absolute atomic E-state index is 12.5. The van der Waals surface area contributed by atoms with Crippen LogP contribution in [0, 0.1) is 0 Å². The third kappa shape index (κ3) is 9.23. The van der Waals surface area contributed by atoms with Crippen molar-refractivity contribution in [2.75, 3.05) is 18.8 Å². The van der Waals surface area contributed by atoms with Gasteiger partial charge in [0.15, 0.2) is 0 Å². The van der Waals surface area contributed by atoms with Crippen LogP contribution in [0.2, 0.25) is 0 Å². The number of carbonyl (C=O) groups is 2. The molecule has 6 nitrogen and oxygen atoms in total. The van der Waals surface area contributed by atoms with Crippen molar-refractivity contribution in [3.05, 3.63) is 144 Å². The number of benzene rings is 4. The first kappa shape index (κ1) is 31.5. The molecule has 0 bridgehead atoms. The Labute approximate surface area is 247 Å². The minimum absolute atomic E-state index is 0.0636. The lowest BCUT2D eigenvalue weighted by molar-refractivity contribution is -0.138. The number of hydrogen-bond donors (Lipinski definition) is 3. The zero-order chi connectivity index (χ0) is 29.3. The van der Waals surface area contributed by atoms with E-state index in [1.165, 1.54) is 11.8 Å². The van der Waals surface area contributed by atoms with E-state index in [1.807, 2.05) is 121 Å². The van der Waals surface area contributed by atoms with Gasteiger partial charge >= 0.3 is 12.1 Å². The number of thioether (sulfide) groups is 1. The quantitative estimate of drug-likeness (QED) is 0.164. The maximum Gasteiger partial charge on any atom is 0.408 e. The number of carboxylic acids is 1. The van der Waals surface area contributed by atoms with Crippen LogP contribution in [0.3, 0.4) is 0 Å². The van der Waals surface area contributed by atoms with Gasteiger partial charge in [0.2, 0.25) is 0 Å². The topological polar surface area (TPSA) is 87.7 Å². The van der Waals surface area contributed by atoms with E-state index in [2.05, 4.69) is 24.5 Å². The van der Waals surface area contributed by atoms with Gasteiger partial charge in [0, 0.05) is 5.75 Å². The molecule has 0 spiro atoms. The number of nitrogens with one attached hydrogen (secondary N) is 2. The second-order valence-corrected chi connectivity index (χ2v) is 10.4. The third-order valence-electron chi connectivity index (χ3n) is 6.31. The SMILES string of the molecule is CCNCC.O=C(N[C@@H](CSC(c1ccccc1)(c1ccccc1)c1ccccc1)C(=O)O)OCc1ccccc1. The lowest BCUT2D eigenvalue weighted by atomic mass is 9.84. The van der Waals surface area contributed by atoms with Crippen LogP contribution in [0.5, 0.6) is 0 Å².